The van der Waals surface area contributed by atoms with Crippen molar-refractivity contribution in [2.75, 3.05) is 20.2 Å². The predicted molar refractivity (Wildman–Crippen MR) is 86.4 cm³/mol. The van der Waals surface area contributed by atoms with Crippen molar-refractivity contribution in [3.63, 3.8) is 0 Å². The van der Waals surface area contributed by atoms with Gasteiger partial charge in [0.05, 0.1) is 13.2 Å². The van der Waals surface area contributed by atoms with Gasteiger partial charge < -0.3 is 20.1 Å². The number of carbonyl (C=O) groups excluding carboxylic acids is 1. The first kappa shape index (κ1) is 16.6. The molecular formula is C17H26N2O3. The van der Waals surface area contributed by atoms with Gasteiger partial charge in [-0.15, -0.1) is 0 Å². The molecule has 1 fully saturated rings. The standard InChI is InChI=1S/C17H26N2O3/c1-17(2,3)22-16(20)19-15-11-18-10-9-14(15)12-5-7-13(21-4)8-6-12/h5-8,14-15,18H,9-11H2,1-4H3,(H,19,20)/t14-,15+/m0/s1. The first-order valence-corrected chi connectivity index (χ1v) is 7.73. The summed E-state index contributed by atoms with van der Waals surface area (Å²) in [6, 6.07) is 8.08. The van der Waals surface area contributed by atoms with Crippen LogP contribution in [0, 0.1) is 0 Å². The highest BCUT2D eigenvalue weighted by molar-refractivity contribution is 5.68. The Kier molecular flexibility index (Phi) is 5.29. The molecule has 0 spiro atoms. The van der Waals surface area contributed by atoms with Crippen LogP contribution in [0.15, 0.2) is 24.3 Å². The fourth-order valence-electron chi connectivity index (χ4n) is 2.72. The molecule has 1 aliphatic heterocycles. The molecule has 0 radical (unpaired) electrons. The minimum atomic E-state index is -0.484. The number of alkyl carbamates (subject to hydrolysis) is 1. The second-order valence-corrected chi connectivity index (χ2v) is 6.63. The van der Waals surface area contributed by atoms with Crippen LogP contribution in [0.1, 0.15) is 38.7 Å². The van der Waals surface area contributed by atoms with Crippen LogP contribution in [0.3, 0.4) is 0 Å². The van der Waals surface area contributed by atoms with Gasteiger partial charge in [-0.3, -0.25) is 0 Å². The topological polar surface area (TPSA) is 59.6 Å². The lowest BCUT2D eigenvalue weighted by atomic mass is 9.86. The summed E-state index contributed by atoms with van der Waals surface area (Å²) in [5.41, 5.74) is 0.727. The molecule has 2 rings (SSSR count). The molecule has 0 saturated carbocycles. The predicted octanol–water partition coefficient (Wildman–Crippen LogP) is 2.67. The maximum absolute atomic E-state index is 12.0. The lowest BCUT2D eigenvalue weighted by molar-refractivity contribution is 0.0489. The van der Waals surface area contributed by atoms with Crippen LogP contribution < -0.4 is 15.4 Å². The number of rotatable bonds is 3. The molecule has 1 aromatic carbocycles. The number of hydrogen-bond donors (Lipinski definition) is 2. The van der Waals surface area contributed by atoms with E-state index in [2.05, 4.69) is 22.8 Å². The van der Waals surface area contributed by atoms with Gasteiger partial charge in [-0.25, -0.2) is 4.79 Å². The van der Waals surface area contributed by atoms with E-state index in [4.69, 9.17) is 9.47 Å². The summed E-state index contributed by atoms with van der Waals surface area (Å²) in [5, 5.41) is 6.33. The molecule has 0 aliphatic carbocycles. The fraction of sp³-hybridized carbons (Fsp3) is 0.588. The normalized spacial score (nSPS) is 22.0. The van der Waals surface area contributed by atoms with Gasteiger partial charge in [0.1, 0.15) is 11.4 Å². The lowest BCUT2D eigenvalue weighted by Crippen LogP contribution is -2.51. The highest BCUT2D eigenvalue weighted by Gasteiger charge is 2.29. The van der Waals surface area contributed by atoms with Crippen molar-refractivity contribution in [2.45, 2.75) is 44.8 Å². The van der Waals surface area contributed by atoms with Gasteiger partial charge in [0, 0.05) is 12.5 Å². The number of benzene rings is 1. The van der Waals surface area contributed by atoms with Crippen LogP contribution in [0.25, 0.3) is 0 Å². The molecular weight excluding hydrogens is 280 g/mol. The van der Waals surface area contributed by atoms with Crippen molar-refractivity contribution in [2.24, 2.45) is 0 Å². The van der Waals surface area contributed by atoms with Crippen LogP contribution in [-0.2, 0) is 4.74 Å². The average Bonchev–Trinajstić information content (AvgIpc) is 2.46. The number of amides is 1. The summed E-state index contributed by atoms with van der Waals surface area (Å²) in [6.07, 6.45) is 0.618. The van der Waals surface area contributed by atoms with Gasteiger partial charge in [0.25, 0.3) is 0 Å². The molecule has 5 heteroatoms. The Bertz CT molecular complexity index is 494. The average molecular weight is 306 g/mol. The van der Waals surface area contributed by atoms with Crippen LogP contribution >= 0.6 is 0 Å². The summed E-state index contributed by atoms with van der Waals surface area (Å²) in [5.74, 6) is 1.12. The summed E-state index contributed by atoms with van der Waals surface area (Å²) in [7, 11) is 1.66. The van der Waals surface area contributed by atoms with Crippen LogP contribution in [0.5, 0.6) is 5.75 Å². The Morgan fingerprint density at radius 1 is 1.27 bits per heavy atom. The zero-order valence-electron chi connectivity index (χ0n) is 13.8. The maximum atomic E-state index is 12.0. The van der Waals surface area contributed by atoms with Gasteiger partial charge in [-0.1, -0.05) is 12.1 Å². The summed E-state index contributed by atoms with van der Waals surface area (Å²) in [4.78, 5) is 12.0. The van der Waals surface area contributed by atoms with E-state index >= 15 is 0 Å². The monoisotopic (exact) mass is 306 g/mol. The molecule has 2 atom stereocenters. The molecule has 1 aliphatic rings. The van der Waals surface area contributed by atoms with Crippen molar-refractivity contribution < 1.29 is 14.3 Å². The molecule has 2 N–H and O–H groups in total. The third kappa shape index (κ3) is 4.63. The molecule has 122 valence electrons. The van der Waals surface area contributed by atoms with E-state index in [9.17, 15) is 4.79 Å². The number of hydrogen-bond acceptors (Lipinski definition) is 4. The highest BCUT2D eigenvalue weighted by Crippen LogP contribution is 2.27. The molecule has 1 heterocycles. The number of ether oxygens (including phenoxy) is 2. The second-order valence-electron chi connectivity index (χ2n) is 6.63. The number of piperidine rings is 1. The second kappa shape index (κ2) is 7.01. The van der Waals surface area contributed by atoms with E-state index < -0.39 is 5.60 Å². The van der Waals surface area contributed by atoms with Crippen molar-refractivity contribution in [3.8, 4) is 5.75 Å². The van der Waals surface area contributed by atoms with Crippen LogP contribution in [-0.4, -0.2) is 37.9 Å². The quantitative estimate of drug-likeness (QED) is 0.901. The van der Waals surface area contributed by atoms with Gasteiger partial charge in [0.15, 0.2) is 0 Å². The highest BCUT2D eigenvalue weighted by atomic mass is 16.6. The van der Waals surface area contributed by atoms with Gasteiger partial charge in [0.2, 0.25) is 0 Å². The van der Waals surface area contributed by atoms with Crippen LogP contribution in [0.4, 0.5) is 4.79 Å². The van der Waals surface area contributed by atoms with E-state index in [0.717, 1.165) is 25.3 Å². The summed E-state index contributed by atoms with van der Waals surface area (Å²) >= 11 is 0. The van der Waals surface area contributed by atoms with Gasteiger partial charge in [-0.05, 0) is 51.4 Å². The Balaban J connectivity index is 2.05. The largest absolute Gasteiger partial charge is 0.497 e. The third-order valence-electron chi connectivity index (χ3n) is 3.73. The van der Waals surface area contributed by atoms with Crippen molar-refractivity contribution in [1.29, 1.82) is 0 Å². The fourth-order valence-corrected chi connectivity index (χ4v) is 2.72. The first-order chi connectivity index (χ1) is 10.4. The molecule has 1 aromatic rings. The van der Waals surface area contributed by atoms with E-state index in [1.54, 1.807) is 7.11 Å². The minimum Gasteiger partial charge on any atom is -0.497 e. The molecule has 0 unspecified atom stereocenters. The maximum Gasteiger partial charge on any atom is 0.407 e. The zero-order chi connectivity index (χ0) is 16.2. The number of methoxy groups -OCH3 is 1. The molecule has 1 saturated heterocycles. The molecule has 0 aromatic heterocycles. The Morgan fingerprint density at radius 3 is 2.55 bits per heavy atom. The van der Waals surface area contributed by atoms with E-state index in [0.29, 0.717) is 0 Å². The molecule has 1 amide bonds. The molecule has 22 heavy (non-hydrogen) atoms. The summed E-state index contributed by atoms with van der Waals surface area (Å²) in [6.45, 7) is 7.30. The third-order valence-corrected chi connectivity index (χ3v) is 3.73. The van der Waals surface area contributed by atoms with Crippen LogP contribution in [0.2, 0.25) is 0 Å². The van der Waals surface area contributed by atoms with Gasteiger partial charge in [-0.2, -0.15) is 0 Å². The lowest BCUT2D eigenvalue weighted by Gasteiger charge is -2.33. The molecule has 5 nitrogen and oxygen atoms in total. The molecule has 0 bridgehead atoms. The van der Waals surface area contributed by atoms with E-state index in [-0.39, 0.29) is 18.1 Å². The first-order valence-electron chi connectivity index (χ1n) is 7.73. The van der Waals surface area contributed by atoms with E-state index in [1.807, 2.05) is 32.9 Å². The Hall–Kier alpha value is -1.75. The smallest absolute Gasteiger partial charge is 0.407 e. The Labute approximate surface area is 132 Å². The van der Waals surface area contributed by atoms with E-state index in [1.165, 1.54) is 5.56 Å². The van der Waals surface area contributed by atoms with Gasteiger partial charge >= 0.3 is 6.09 Å². The van der Waals surface area contributed by atoms with Crippen molar-refractivity contribution in [3.05, 3.63) is 29.8 Å². The Morgan fingerprint density at radius 2 is 1.95 bits per heavy atom. The zero-order valence-corrected chi connectivity index (χ0v) is 13.8. The number of nitrogens with one attached hydrogen (secondary N) is 2. The summed E-state index contributed by atoms with van der Waals surface area (Å²) < 4.78 is 10.6. The minimum absolute atomic E-state index is 0.0250. The van der Waals surface area contributed by atoms with Crippen molar-refractivity contribution in [1.82, 2.24) is 10.6 Å². The number of carbonyl (C=O) groups is 1. The SMILES string of the molecule is COc1ccc([C@@H]2CCNC[C@H]2NC(=O)OC(C)(C)C)cc1. The van der Waals surface area contributed by atoms with Crippen molar-refractivity contribution >= 4 is 6.09 Å².